The van der Waals surface area contributed by atoms with Crippen molar-refractivity contribution in [2.45, 2.75) is 38.8 Å². The van der Waals surface area contributed by atoms with Crippen molar-refractivity contribution in [2.75, 3.05) is 25.0 Å². The number of aromatic nitrogens is 2. The molecule has 0 radical (unpaired) electrons. The van der Waals surface area contributed by atoms with Crippen molar-refractivity contribution in [1.29, 1.82) is 0 Å². The van der Waals surface area contributed by atoms with Gasteiger partial charge in [0.05, 0.1) is 17.4 Å². The first kappa shape index (κ1) is 21.8. The lowest BCUT2D eigenvalue weighted by Crippen LogP contribution is -2.32. The van der Waals surface area contributed by atoms with Crippen LogP contribution in [0.3, 0.4) is 0 Å². The molecule has 3 N–H and O–H groups in total. The van der Waals surface area contributed by atoms with Crippen molar-refractivity contribution < 1.29 is 14.6 Å². The van der Waals surface area contributed by atoms with Crippen LogP contribution in [0.4, 0.5) is 5.69 Å². The number of fused-ring (bicyclic) bond motifs is 1. The van der Waals surface area contributed by atoms with Crippen molar-refractivity contribution in [1.82, 2.24) is 14.9 Å². The average Bonchev–Trinajstić information content (AvgIpc) is 3.16. The molecule has 0 aliphatic rings. The molecule has 7 heteroatoms. The molecule has 0 bridgehead atoms. The Morgan fingerprint density at radius 2 is 2.00 bits per heavy atom. The van der Waals surface area contributed by atoms with E-state index in [0.717, 1.165) is 42.7 Å². The summed E-state index contributed by atoms with van der Waals surface area (Å²) in [7, 11) is 0. The van der Waals surface area contributed by atoms with Crippen LogP contribution in [0.15, 0.2) is 54.9 Å². The van der Waals surface area contributed by atoms with Gasteiger partial charge < -0.3 is 25.0 Å². The number of anilines is 1. The van der Waals surface area contributed by atoms with Crippen molar-refractivity contribution in [3.8, 4) is 5.75 Å². The van der Waals surface area contributed by atoms with Gasteiger partial charge in [0.1, 0.15) is 18.5 Å². The van der Waals surface area contributed by atoms with Gasteiger partial charge in [0.25, 0.3) is 0 Å². The molecule has 0 saturated heterocycles. The smallest absolute Gasteiger partial charge is 0.224 e. The third-order valence-electron chi connectivity index (χ3n) is 4.72. The maximum atomic E-state index is 11.6. The fourth-order valence-electron chi connectivity index (χ4n) is 3.17. The predicted octanol–water partition coefficient (Wildman–Crippen LogP) is 3.19. The zero-order valence-corrected chi connectivity index (χ0v) is 17.4. The molecule has 7 nitrogen and oxygen atoms in total. The zero-order valence-electron chi connectivity index (χ0n) is 17.4. The second-order valence-electron chi connectivity index (χ2n) is 7.27. The number of carbonyl (C=O) groups excluding carboxylic acids is 1. The highest BCUT2D eigenvalue weighted by Gasteiger charge is 2.06. The number of amides is 1. The normalized spacial score (nSPS) is 12.1. The molecule has 0 fully saturated rings. The molecule has 0 aliphatic heterocycles. The van der Waals surface area contributed by atoms with Gasteiger partial charge >= 0.3 is 0 Å². The third kappa shape index (κ3) is 6.57. The van der Waals surface area contributed by atoms with Crippen LogP contribution in [0.25, 0.3) is 11.0 Å². The van der Waals surface area contributed by atoms with Crippen LogP contribution in [-0.4, -0.2) is 46.4 Å². The number of para-hydroxylation sites is 2. The Balaban J connectivity index is 1.30. The maximum Gasteiger partial charge on any atom is 0.224 e. The van der Waals surface area contributed by atoms with Gasteiger partial charge in [-0.05, 0) is 55.8 Å². The fraction of sp³-hybridized carbons (Fsp3) is 0.391. The summed E-state index contributed by atoms with van der Waals surface area (Å²) in [4.78, 5) is 16.0. The minimum Gasteiger partial charge on any atom is -0.491 e. The molecule has 3 aromatic rings. The van der Waals surface area contributed by atoms with Gasteiger partial charge in [0.15, 0.2) is 0 Å². The average molecular weight is 411 g/mol. The monoisotopic (exact) mass is 410 g/mol. The molecule has 1 atom stereocenters. The molecule has 0 saturated carbocycles. The Kier molecular flexibility index (Phi) is 8.23. The summed E-state index contributed by atoms with van der Waals surface area (Å²) in [5, 5.41) is 16.2. The highest BCUT2D eigenvalue weighted by molar-refractivity contribution is 5.90. The number of benzene rings is 2. The van der Waals surface area contributed by atoms with E-state index in [1.807, 2.05) is 31.5 Å². The standard InChI is InChI=1S/C23H30N4O3/c1-2-6-23(29)26-18-9-11-20(12-10-18)30-16-19(28)15-24-13-5-14-27-17-25-21-7-3-4-8-22(21)27/h3-4,7-12,17,19,24,28H,2,5-6,13-16H2,1H3,(H,26,29). The molecule has 2 aromatic carbocycles. The van der Waals surface area contributed by atoms with Crippen LogP contribution in [0.1, 0.15) is 26.2 Å². The van der Waals surface area contributed by atoms with E-state index in [-0.39, 0.29) is 12.5 Å². The topological polar surface area (TPSA) is 88.4 Å². The minimum atomic E-state index is -0.594. The number of aliphatic hydroxyl groups excluding tert-OH is 1. The molecular formula is C23H30N4O3. The maximum absolute atomic E-state index is 11.6. The van der Waals surface area contributed by atoms with Crippen molar-refractivity contribution in [2.24, 2.45) is 0 Å². The van der Waals surface area contributed by atoms with Gasteiger partial charge in [-0.2, -0.15) is 0 Å². The van der Waals surface area contributed by atoms with E-state index < -0.39 is 6.10 Å². The molecule has 1 amide bonds. The zero-order chi connectivity index (χ0) is 21.2. The Morgan fingerprint density at radius 3 is 2.80 bits per heavy atom. The number of aliphatic hydroxyl groups is 1. The number of hydrogen-bond acceptors (Lipinski definition) is 5. The summed E-state index contributed by atoms with van der Waals surface area (Å²) in [5.41, 5.74) is 2.89. The van der Waals surface area contributed by atoms with Crippen LogP contribution < -0.4 is 15.4 Å². The van der Waals surface area contributed by atoms with Gasteiger partial charge in [-0.1, -0.05) is 19.1 Å². The summed E-state index contributed by atoms with van der Waals surface area (Å²) in [5.74, 6) is 0.670. The molecule has 30 heavy (non-hydrogen) atoms. The van der Waals surface area contributed by atoms with Crippen LogP contribution in [0.2, 0.25) is 0 Å². The van der Waals surface area contributed by atoms with Crippen LogP contribution in [0.5, 0.6) is 5.75 Å². The number of carbonyl (C=O) groups is 1. The molecule has 3 rings (SSSR count). The van der Waals surface area contributed by atoms with E-state index >= 15 is 0 Å². The van der Waals surface area contributed by atoms with Crippen molar-refractivity contribution in [3.05, 3.63) is 54.9 Å². The van der Waals surface area contributed by atoms with Gasteiger partial charge in [0, 0.05) is 25.2 Å². The number of nitrogens with one attached hydrogen (secondary N) is 2. The first-order valence-corrected chi connectivity index (χ1v) is 10.5. The summed E-state index contributed by atoms with van der Waals surface area (Å²) in [6.45, 7) is 4.33. The summed E-state index contributed by atoms with van der Waals surface area (Å²) >= 11 is 0. The molecular weight excluding hydrogens is 380 g/mol. The van der Waals surface area contributed by atoms with Crippen LogP contribution >= 0.6 is 0 Å². The van der Waals surface area contributed by atoms with Crippen molar-refractivity contribution in [3.63, 3.8) is 0 Å². The van der Waals surface area contributed by atoms with E-state index in [1.54, 1.807) is 24.3 Å². The Labute approximate surface area is 177 Å². The van der Waals surface area contributed by atoms with Crippen LogP contribution in [0, 0.1) is 0 Å². The SMILES string of the molecule is CCCC(=O)Nc1ccc(OCC(O)CNCCCn2cnc3ccccc32)cc1. The molecule has 1 unspecified atom stereocenters. The first-order valence-electron chi connectivity index (χ1n) is 10.5. The van der Waals surface area contributed by atoms with Crippen LogP contribution in [-0.2, 0) is 11.3 Å². The second kappa shape index (κ2) is 11.3. The number of aryl methyl sites for hydroxylation is 1. The predicted molar refractivity (Wildman–Crippen MR) is 119 cm³/mol. The Morgan fingerprint density at radius 1 is 1.20 bits per heavy atom. The van der Waals surface area contributed by atoms with E-state index in [9.17, 15) is 9.90 Å². The second-order valence-corrected chi connectivity index (χ2v) is 7.27. The van der Waals surface area contributed by atoms with E-state index in [4.69, 9.17) is 4.74 Å². The molecule has 1 heterocycles. The lowest BCUT2D eigenvalue weighted by atomic mass is 10.2. The summed E-state index contributed by atoms with van der Waals surface area (Å²) < 4.78 is 7.77. The van der Waals surface area contributed by atoms with E-state index in [1.165, 1.54) is 0 Å². The third-order valence-corrected chi connectivity index (χ3v) is 4.72. The fourth-order valence-corrected chi connectivity index (χ4v) is 3.17. The molecule has 1 aromatic heterocycles. The largest absolute Gasteiger partial charge is 0.491 e. The van der Waals surface area contributed by atoms with E-state index in [0.29, 0.717) is 18.7 Å². The highest BCUT2D eigenvalue weighted by atomic mass is 16.5. The number of rotatable bonds is 12. The van der Waals surface area contributed by atoms with Gasteiger partial charge in [-0.3, -0.25) is 4.79 Å². The highest BCUT2D eigenvalue weighted by Crippen LogP contribution is 2.16. The van der Waals surface area contributed by atoms with E-state index in [2.05, 4.69) is 26.3 Å². The number of imidazole rings is 1. The van der Waals surface area contributed by atoms with Gasteiger partial charge in [-0.15, -0.1) is 0 Å². The number of nitrogens with zero attached hydrogens (tertiary/aromatic N) is 2. The first-order chi connectivity index (χ1) is 14.7. The quantitative estimate of drug-likeness (QED) is 0.399. The van der Waals surface area contributed by atoms with Gasteiger partial charge in [-0.25, -0.2) is 4.98 Å². The minimum absolute atomic E-state index is 0.00823. The molecule has 0 aliphatic carbocycles. The van der Waals surface area contributed by atoms with Gasteiger partial charge in [0.2, 0.25) is 5.91 Å². The molecule has 160 valence electrons. The molecule has 0 spiro atoms. The summed E-state index contributed by atoms with van der Waals surface area (Å²) in [6, 6.07) is 15.3. The lowest BCUT2D eigenvalue weighted by Gasteiger charge is -2.14. The van der Waals surface area contributed by atoms with Crippen molar-refractivity contribution >= 4 is 22.6 Å². The Hall–Kier alpha value is -2.90. The lowest BCUT2D eigenvalue weighted by molar-refractivity contribution is -0.116. The summed E-state index contributed by atoms with van der Waals surface area (Å²) in [6.07, 6.45) is 3.55. The Bertz CT molecular complexity index is 924. The number of hydrogen-bond donors (Lipinski definition) is 3. The number of ether oxygens (including phenoxy) is 1.